The molecule has 0 atom stereocenters. The summed E-state index contributed by atoms with van der Waals surface area (Å²) in [6.45, 7) is 1.06. The maximum absolute atomic E-state index is 13.3. The second-order valence-corrected chi connectivity index (χ2v) is 9.22. The molecule has 0 radical (unpaired) electrons. The normalized spacial score (nSPS) is 15.4. The maximum Gasteiger partial charge on any atom is 0.261 e. The van der Waals surface area contributed by atoms with Crippen molar-refractivity contribution in [2.45, 2.75) is 51.2 Å². The van der Waals surface area contributed by atoms with E-state index in [0.717, 1.165) is 47.2 Å². The summed E-state index contributed by atoms with van der Waals surface area (Å²) in [4.78, 5) is 32.5. The predicted octanol–water partition coefficient (Wildman–Crippen LogP) is 4.25. The number of halogens is 1. The minimum absolute atomic E-state index is 0.0517. The number of hydrogen-bond acceptors (Lipinski definition) is 5. The number of fused-ring (bicyclic) bond motifs is 2. The van der Waals surface area contributed by atoms with Gasteiger partial charge in [-0.1, -0.05) is 34.8 Å². The molecule has 5 rings (SSSR count). The number of benzene rings is 2. The fraction of sp³-hybridized carbons (Fsp3) is 0.375. The number of ether oxygens (including phenoxy) is 2. The number of hydrogen-bond donors (Lipinski definition) is 0. The van der Waals surface area contributed by atoms with Gasteiger partial charge in [0.05, 0.1) is 17.2 Å². The summed E-state index contributed by atoms with van der Waals surface area (Å²) in [5.74, 6) is 1.51. The lowest BCUT2D eigenvalue weighted by atomic mass is 10.1. The molecule has 32 heavy (non-hydrogen) atoms. The molecule has 1 aliphatic carbocycles. The van der Waals surface area contributed by atoms with E-state index in [1.807, 2.05) is 35.2 Å². The molecule has 2 heterocycles. The smallest absolute Gasteiger partial charge is 0.261 e. The van der Waals surface area contributed by atoms with Crippen LogP contribution >= 0.6 is 15.9 Å². The SMILES string of the molecule is O=C(CCn1cnc2ccc(Br)cc2c1=O)N(Cc1ccc2c(c1)OCO2)C1CCCC1. The van der Waals surface area contributed by atoms with Crippen LogP contribution in [0.4, 0.5) is 0 Å². The number of aryl methyl sites for hydroxylation is 1. The molecule has 7 nitrogen and oxygen atoms in total. The van der Waals surface area contributed by atoms with Gasteiger partial charge in [-0.3, -0.25) is 14.2 Å². The van der Waals surface area contributed by atoms with Crippen molar-refractivity contribution in [2.75, 3.05) is 6.79 Å². The molecule has 0 N–H and O–H groups in total. The van der Waals surface area contributed by atoms with E-state index in [2.05, 4.69) is 20.9 Å². The Kier molecular flexibility index (Phi) is 5.87. The summed E-state index contributed by atoms with van der Waals surface area (Å²) in [7, 11) is 0. The summed E-state index contributed by atoms with van der Waals surface area (Å²) in [6, 6.07) is 11.5. The van der Waals surface area contributed by atoms with Gasteiger partial charge in [0.15, 0.2) is 11.5 Å². The van der Waals surface area contributed by atoms with Crippen LogP contribution in [0.15, 0.2) is 52.0 Å². The van der Waals surface area contributed by atoms with Crippen LogP contribution in [0.3, 0.4) is 0 Å². The Balaban J connectivity index is 1.33. The van der Waals surface area contributed by atoms with E-state index < -0.39 is 0 Å². The van der Waals surface area contributed by atoms with Crippen molar-refractivity contribution in [1.82, 2.24) is 14.5 Å². The highest BCUT2D eigenvalue weighted by molar-refractivity contribution is 9.10. The number of rotatable bonds is 6. The van der Waals surface area contributed by atoms with Gasteiger partial charge in [-0.05, 0) is 48.7 Å². The molecule has 1 fully saturated rings. The van der Waals surface area contributed by atoms with Gasteiger partial charge in [-0.15, -0.1) is 0 Å². The number of amides is 1. The van der Waals surface area contributed by atoms with E-state index in [1.165, 1.54) is 10.9 Å². The third kappa shape index (κ3) is 4.24. The molecule has 0 unspecified atom stereocenters. The summed E-state index contributed by atoms with van der Waals surface area (Å²) in [5.41, 5.74) is 1.53. The number of aromatic nitrogens is 2. The van der Waals surface area contributed by atoms with Crippen LogP contribution in [0.25, 0.3) is 10.9 Å². The molecular formula is C24H24BrN3O4. The monoisotopic (exact) mass is 497 g/mol. The molecule has 0 saturated heterocycles. The first-order valence-corrected chi connectivity index (χ1v) is 11.7. The fourth-order valence-electron chi connectivity index (χ4n) is 4.52. The van der Waals surface area contributed by atoms with Gasteiger partial charge in [0, 0.05) is 30.0 Å². The topological polar surface area (TPSA) is 73.7 Å². The third-order valence-corrected chi connectivity index (χ3v) is 6.72. The average Bonchev–Trinajstić information content (AvgIpc) is 3.49. The summed E-state index contributed by atoms with van der Waals surface area (Å²) >= 11 is 3.41. The molecule has 3 aromatic rings. The molecular weight excluding hydrogens is 474 g/mol. The van der Waals surface area contributed by atoms with E-state index in [4.69, 9.17) is 9.47 Å². The van der Waals surface area contributed by atoms with Gasteiger partial charge in [-0.25, -0.2) is 4.98 Å². The van der Waals surface area contributed by atoms with Gasteiger partial charge in [0.1, 0.15) is 0 Å². The Morgan fingerprint density at radius 1 is 1.12 bits per heavy atom. The van der Waals surface area contributed by atoms with Crippen LogP contribution in [0.1, 0.15) is 37.7 Å². The van der Waals surface area contributed by atoms with Gasteiger partial charge >= 0.3 is 0 Å². The number of carbonyl (C=O) groups is 1. The second kappa shape index (κ2) is 8.94. The average molecular weight is 498 g/mol. The van der Waals surface area contributed by atoms with Gasteiger partial charge in [0.2, 0.25) is 12.7 Å². The molecule has 166 valence electrons. The first-order valence-electron chi connectivity index (χ1n) is 10.9. The minimum Gasteiger partial charge on any atom is -0.454 e. The fourth-order valence-corrected chi connectivity index (χ4v) is 4.88. The number of nitrogens with zero attached hydrogens (tertiary/aromatic N) is 3. The van der Waals surface area contributed by atoms with Crippen molar-refractivity contribution in [1.29, 1.82) is 0 Å². The number of carbonyl (C=O) groups excluding carboxylic acids is 1. The first-order chi connectivity index (χ1) is 15.6. The van der Waals surface area contributed by atoms with E-state index in [0.29, 0.717) is 24.0 Å². The van der Waals surface area contributed by atoms with Crippen LogP contribution in [-0.2, 0) is 17.9 Å². The molecule has 1 saturated carbocycles. The van der Waals surface area contributed by atoms with Crippen molar-refractivity contribution >= 4 is 32.7 Å². The van der Waals surface area contributed by atoms with Crippen LogP contribution in [0.5, 0.6) is 11.5 Å². The third-order valence-electron chi connectivity index (χ3n) is 6.23. The van der Waals surface area contributed by atoms with Crippen LogP contribution in [-0.4, -0.2) is 33.2 Å². The maximum atomic E-state index is 13.3. The zero-order chi connectivity index (χ0) is 22.1. The van der Waals surface area contributed by atoms with Crippen molar-refractivity contribution in [3.8, 4) is 11.5 Å². The van der Waals surface area contributed by atoms with Gasteiger partial charge < -0.3 is 14.4 Å². The summed E-state index contributed by atoms with van der Waals surface area (Å²) in [5, 5.41) is 0.544. The van der Waals surface area contributed by atoms with Crippen LogP contribution in [0, 0.1) is 0 Å². The second-order valence-electron chi connectivity index (χ2n) is 8.30. The Morgan fingerprint density at radius 2 is 1.94 bits per heavy atom. The highest BCUT2D eigenvalue weighted by atomic mass is 79.9. The molecule has 1 aromatic heterocycles. The van der Waals surface area contributed by atoms with E-state index in [9.17, 15) is 9.59 Å². The lowest BCUT2D eigenvalue weighted by Crippen LogP contribution is -2.39. The van der Waals surface area contributed by atoms with E-state index >= 15 is 0 Å². The van der Waals surface area contributed by atoms with E-state index in [-0.39, 0.29) is 30.7 Å². The zero-order valence-corrected chi connectivity index (χ0v) is 19.2. The Labute approximate surface area is 194 Å². The van der Waals surface area contributed by atoms with Crippen molar-refractivity contribution in [3.05, 3.63) is 63.1 Å². The Bertz CT molecular complexity index is 1220. The molecule has 1 amide bonds. The Hall–Kier alpha value is -2.87. The molecule has 8 heteroatoms. The van der Waals surface area contributed by atoms with Crippen molar-refractivity contribution in [3.63, 3.8) is 0 Å². The summed E-state index contributed by atoms with van der Waals surface area (Å²) < 4.78 is 13.2. The molecule has 2 aliphatic rings. The van der Waals surface area contributed by atoms with Crippen LogP contribution in [0.2, 0.25) is 0 Å². The lowest BCUT2D eigenvalue weighted by molar-refractivity contribution is -0.134. The molecule has 2 aromatic carbocycles. The van der Waals surface area contributed by atoms with Crippen LogP contribution < -0.4 is 15.0 Å². The molecule has 0 spiro atoms. The van der Waals surface area contributed by atoms with E-state index in [1.54, 1.807) is 6.07 Å². The van der Waals surface area contributed by atoms with Crippen molar-refractivity contribution in [2.24, 2.45) is 0 Å². The minimum atomic E-state index is -0.132. The highest BCUT2D eigenvalue weighted by Crippen LogP contribution is 2.34. The van der Waals surface area contributed by atoms with Gasteiger partial charge in [-0.2, -0.15) is 0 Å². The standard InChI is InChI=1S/C24H24BrN3O4/c25-17-6-7-20-19(12-17)24(30)27(14-26-20)10-9-23(29)28(18-3-1-2-4-18)13-16-5-8-21-22(11-16)32-15-31-21/h5-8,11-12,14,18H,1-4,9-10,13,15H2. The quantitative estimate of drug-likeness (QED) is 0.508. The Morgan fingerprint density at radius 3 is 2.78 bits per heavy atom. The zero-order valence-electron chi connectivity index (χ0n) is 17.6. The van der Waals surface area contributed by atoms with Crippen molar-refractivity contribution < 1.29 is 14.3 Å². The molecule has 0 bridgehead atoms. The predicted molar refractivity (Wildman–Crippen MR) is 124 cm³/mol. The lowest BCUT2D eigenvalue weighted by Gasteiger charge is -2.29. The summed E-state index contributed by atoms with van der Waals surface area (Å²) in [6.07, 6.45) is 6.09. The first kappa shape index (κ1) is 21.0. The largest absolute Gasteiger partial charge is 0.454 e. The van der Waals surface area contributed by atoms with Gasteiger partial charge in [0.25, 0.3) is 5.56 Å². The molecule has 1 aliphatic heterocycles. The highest BCUT2D eigenvalue weighted by Gasteiger charge is 2.27.